The fraction of sp³-hybridized carbons (Fsp3) is 0.579. The summed E-state index contributed by atoms with van der Waals surface area (Å²) in [5, 5.41) is 19.2. The van der Waals surface area contributed by atoms with Crippen LogP contribution in [0.1, 0.15) is 48.1 Å². The molecule has 1 saturated heterocycles. The lowest BCUT2D eigenvalue weighted by atomic mass is 10.0. The van der Waals surface area contributed by atoms with Crippen molar-refractivity contribution >= 4 is 5.91 Å². The van der Waals surface area contributed by atoms with Crippen molar-refractivity contribution in [3.05, 3.63) is 29.3 Å². The molecular weight excluding hydrogens is 318 g/mol. The van der Waals surface area contributed by atoms with E-state index in [1.165, 1.54) is 4.90 Å². The van der Waals surface area contributed by atoms with Crippen LogP contribution in [0.25, 0.3) is 0 Å². The number of piperidine rings is 1. The van der Waals surface area contributed by atoms with E-state index in [1.54, 1.807) is 0 Å². The third kappa shape index (κ3) is 3.22. The van der Waals surface area contributed by atoms with Crippen LogP contribution in [-0.4, -0.2) is 59.7 Å². The van der Waals surface area contributed by atoms with Crippen molar-refractivity contribution in [1.82, 2.24) is 9.80 Å². The van der Waals surface area contributed by atoms with Crippen molar-refractivity contribution in [2.24, 2.45) is 0 Å². The zero-order valence-electron chi connectivity index (χ0n) is 14.8. The second kappa shape index (κ2) is 7.42. The van der Waals surface area contributed by atoms with Gasteiger partial charge in [0.1, 0.15) is 17.9 Å². The van der Waals surface area contributed by atoms with E-state index in [2.05, 4.69) is 18.0 Å². The molecule has 134 valence electrons. The Morgan fingerprint density at radius 2 is 2.12 bits per heavy atom. The molecule has 25 heavy (non-hydrogen) atoms. The molecule has 1 N–H and O–H groups in total. The number of likely N-dealkylation sites (tertiary alicyclic amines) is 1. The Morgan fingerprint density at radius 1 is 1.40 bits per heavy atom. The van der Waals surface area contributed by atoms with E-state index in [0.29, 0.717) is 23.3 Å². The minimum Gasteiger partial charge on any atom is -0.489 e. The third-order valence-corrected chi connectivity index (χ3v) is 5.24. The first-order valence-corrected chi connectivity index (χ1v) is 8.91. The number of ether oxygens (including phenoxy) is 1. The first-order chi connectivity index (χ1) is 12.1. The molecule has 1 amide bonds. The number of aliphatic hydroxyl groups excluding tert-OH is 1. The van der Waals surface area contributed by atoms with Gasteiger partial charge in [0.05, 0.1) is 24.3 Å². The molecule has 2 aliphatic heterocycles. The van der Waals surface area contributed by atoms with Gasteiger partial charge in [-0.05, 0) is 32.4 Å². The number of hydrogen-bond acceptors (Lipinski definition) is 5. The van der Waals surface area contributed by atoms with Gasteiger partial charge in [-0.25, -0.2) is 0 Å². The van der Waals surface area contributed by atoms with E-state index in [9.17, 15) is 15.2 Å². The highest BCUT2D eigenvalue weighted by atomic mass is 16.5. The van der Waals surface area contributed by atoms with Crippen molar-refractivity contribution < 1.29 is 14.6 Å². The molecule has 2 heterocycles. The summed E-state index contributed by atoms with van der Waals surface area (Å²) in [5.41, 5.74) is 1.17. The smallest absolute Gasteiger partial charge is 0.259 e. The topological polar surface area (TPSA) is 76.8 Å². The number of nitriles is 1. The lowest BCUT2D eigenvalue weighted by molar-refractivity contribution is 0.0565. The fourth-order valence-electron chi connectivity index (χ4n) is 3.70. The highest BCUT2D eigenvalue weighted by Crippen LogP contribution is 2.40. The minimum absolute atomic E-state index is 0.0879. The van der Waals surface area contributed by atoms with Crippen molar-refractivity contribution in [2.75, 3.05) is 26.7 Å². The van der Waals surface area contributed by atoms with Crippen LogP contribution in [0.3, 0.4) is 0 Å². The average molecular weight is 343 g/mol. The zero-order valence-corrected chi connectivity index (χ0v) is 14.8. The van der Waals surface area contributed by atoms with Crippen LogP contribution < -0.4 is 4.74 Å². The molecule has 6 heteroatoms. The second-order valence-corrected chi connectivity index (χ2v) is 6.83. The molecule has 1 aromatic carbocycles. The molecule has 1 fully saturated rings. The molecule has 0 aromatic heterocycles. The summed E-state index contributed by atoms with van der Waals surface area (Å²) in [4.78, 5) is 16.8. The number of carbonyl (C=O) groups excluding carboxylic acids is 1. The van der Waals surface area contributed by atoms with Crippen LogP contribution >= 0.6 is 0 Å². The predicted molar refractivity (Wildman–Crippen MR) is 93.3 cm³/mol. The lowest BCUT2D eigenvalue weighted by Gasteiger charge is -2.30. The van der Waals surface area contributed by atoms with Gasteiger partial charge in [-0.2, -0.15) is 5.26 Å². The Balaban J connectivity index is 1.90. The van der Waals surface area contributed by atoms with Gasteiger partial charge in [-0.3, -0.25) is 4.79 Å². The standard InChI is InChI=1S/C19H25N3O3/c1-3-13(12-23)22-16(11-20)15-5-4-6-17(18(15)19(22)24)25-14-7-9-21(2)10-8-14/h4-6,13-14,16,23H,3,7-10,12H2,1-2H3. The first-order valence-electron chi connectivity index (χ1n) is 8.91. The zero-order chi connectivity index (χ0) is 18.0. The summed E-state index contributed by atoms with van der Waals surface area (Å²) in [5.74, 6) is 0.346. The van der Waals surface area contributed by atoms with Gasteiger partial charge in [0.15, 0.2) is 0 Å². The molecule has 0 saturated carbocycles. The molecule has 3 rings (SSSR count). The monoisotopic (exact) mass is 343 g/mol. The maximum absolute atomic E-state index is 13.0. The summed E-state index contributed by atoms with van der Waals surface area (Å²) in [6, 6.07) is 6.65. The van der Waals surface area contributed by atoms with Crippen molar-refractivity contribution in [2.45, 2.75) is 44.4 Å². The van der Waals surface area contributed by atoms with Crippen LogP contribution in [0.2, 0.25) is 0 Å². The van der Waals surface area contributed by atoms with E-state index < -0.39 is 6.04 Å². The third-order valence-electron chi connectivity index (χ3n) is 5.24. The Kier molecular flexibility index (Phi) is 5.26. The van der Waals surface area contributed by atoms with Crippen molar-refractivity contribution in [3.63, 3.8) is 0 Å². The summed E-state index contributed by atoms with van der Waals surface area (Å²) in [6.45, 7) is 3.70. The SMILES string of the molecule is CCC(CO)N1C(=O)c2c(OC3CCN(C)CC3)cccc2C1C#N. The number of carbonyl (C=O) groups is 1. The van der Waals surface area contributed by atoms with Gasteiger partial charge in [-0.15, -0.1) is 0 Å². The van der Waals surface area contributed by atoms with Crippen LogP contribution in [0.4, 0.5) is 0 Å². The molecule has 0 bridgehead atoms. The van der Waals surface area contributed by atoms with Gasteiger partial charge < -0.3 is 19.6 Å². The number of aliphatic hydroxyl groups is 1. The van der Waals surface area contributed by atoms with E-state index in [1.807, 2.05) is 25.1 Å². The number of fused-ring (bicyclic) bond motifs is 1. The molecule has 2 aliphatic rings. The molecule has 2 unspecified atom stereocenters. The Bertz CT molecular complexity index is 673. The van der Waals surface area contributed by atoms with Crippen molar-refractivity contribution in [1.29, 1.82) is 5.26 Å². The first kappa shape index (κ1) is 17.7. The molecule has 0 spiro atoms. The van der Waals surface area contributed by atoms with Crippen molar-refractivity contribution in [3.8, 4) is 11.8 Å². The molecule has 0 radical (unpaired) electrons. The largest absolute Gasteiger partial charge is 0.489 e. The van der Waals surface area contributed by atoms with Gasteiger partial charge >= 0.3 is 0 Å². The minimum atomic E-state index is -0.666. The predicted octanol–water partition coefficient (Wildman–Crippen LogP) is 1.95. The number of hydrogen-bond donors (Lipinski definition) is 1. The van der Waals surface area contributed by atoms with Gasteiger partial charge in [0, 0.05) is 18.7 Å². The molecular formula is C19H25N3O3. The highest BCUT2D eigenvalue weighted by molar-refractivity contribution is 6.02. The Hall–Kier alpha value is -2.10. The van der Waals surface area contributed by atoms with E-state index >= 15 is 0 Å². The highest BCUT2D eigenvalue weighted by Gasteiger charge is 2.42. The molecule has 2 atom stereocenters. The van der Waals surface area contributed by atoms with Crippen LogP contribution in [0.5, 0.6) is 5.75 Å². The average Bonchev–Trinajstić information content (AvgIpc) is 2.91. The van der Waals surface area contributed by atoms with E-state index in [4.69, 9.17) is 4.74 Å². The van der Waals surface area contributed by atoms with Gasteiger partial charge in [-0.1, -0.05) is 19.1 Å². The summed E-state index contributed by atoms with van der Waals surface area (Å²) >= 11 is 0. The number of rotatable bonds is 5. The van der Waals surface area contributed by atoms with Gasteiger partial charge in [0.2, 0.25) is 0 Å². The second-order valence-electron chi connectivity index (χ2n) is 6.83. The summed E-state index contributed by atoms with van der Waals surface area (Å²) < 4.78 is 6.16. The van der Waals surface area contributed by atoms with E-state index in [0.717, 1.165) is 25.9 Å². The fourth-order valence-corrected chi connectivity index (χ4v) is 3.70. The maximum Gasteiger partial charge on any atom is 0.259 e. The molecule has 0 aliphatic carbocycles. The molecule has 6 nitrogen and oxygen atoms in total. The Morgan fingerprint density at radius 3 is 2.72 bits per heavy atom. The molecule has 1 aromatic rings. The summed E-state index contributed by atoms with van der Waals surface area (Å²) in [7, 11) is 2.09. The number of nitrogens with zero attached hydrogens (tertiary/aromatic N) is 3. The van der Waals surface area contributed by atoms with Crippen LogP contribution in [-0.2, 0) is 0 Å². The normalized spacial score (nSPS) is 22.6. The maximum atomic E-state index is 13.0. The Labute approximate surface area is 148 Å². The van der Waals surface area contributed by atoms with Crippen LogP contribution in [0, 0.1) is 11.3 Å². The van der Waals surface area contributed by atoms with E-state index in [-0.39, 0.29) is 24.7 Å². The quantitative estimate of drug-likeness (QED) is 0.884. The number of benzene rings is 1. The number of amides is 1. The van der Waals surface area contributed by atoms with Crippen LogP contribution in [0.15, 0.2) is 18.2 Å². The summed E-state index contributed by atoms with van der Waals surface area (Å²) in [6.07, 6.45) is 2.53. The lowest BCUT2D eigenvalue weighted by Crippen LogP contribution is -2.40. The van der Waals surface area contributed by atoms with Gasteiger partial charge in [0.25, 0.3) is 5.91 Å².